The molecule has 162 valence electrons. The Morgan fingerprint density at radius 3 is 2.77 bits per heavy atom. The lowest BCUT2D eigenvalue weighted by atomic mass is 9.81. The average molecular weight is 421 g/mol. The predicted octanol–water partition coefficient (Wildman–Crippen LogP) is 3.15. The molecule has 2 aliphatic heterocycles. The maximum atomic E-state index is 11.7. The molecule has 7 nitrogen and oxygen atoms in total. The maximum Gasteiger partial charge on any atom is 0.338 e. The molecule has 0 bridgehead atoms. The first kappa shape index (κ1) is 21.3. The van der Waals surface area contributed by atoms with Crippen molar-refractivity contribution in [2.45, 2.75) is 39.4 Å². The van der Waals surface area contributed by atoms with Crippen LogP contribution in [0.4, 0.5) is 0 Å². The summed E-state index contributed by atoms with van der Waals surface area (Å²) in [5.41, 5.74) is 3.86. The normalized spacial score (nSPS) is 18.7. The Labute approximate surface area is 182 Å². The van der Waals surface area contributed by atoms with Crippen LogP contribution in [0.2, 0.25) is 0 Å². The SMILES string of the molecule is Cc1c([C@@H](O)CN2CCC(C)(COc3ccc(C#N)cn3)CC2)ccc2c1COC2=O. The van der Waals surface area contributed by atoms with Gasteiger partial charge in [-0.05, 0) is 56.1 Å². The molecular weight excluding hydrogens is 394 g/mol. The van der Waals surface area contributed by atoms with Crippen molar-refractivity contribution in [2.75, 3.05) is 26.2 Å². The highest BCUT2D eigenvalue weighted by Crippen LogP contribution is 2.33. The van der Waals surface area contributed by atoms with Gasteiger partial charge >= 0.3 is 5.97 Å². The summed E-state index contributed by atoms with van der Waals surface area (Å²) in [5.74, 6) is 0.250. The Hall–Kier alpha value is -2.95. The third-order valence-electron chi connectivity index (χ3n) is 6.50. The van der Waals surface area contributed by atoms with Crippen molar-refractivity contribution in [3.8, 4) is 11.9 Å². The van der Waals surface area contributed by atoms with Crippen LogP contribution in [-0.2, 0) is 11.3 Å². The van der Waals surface area contributed by atoms with E-state index in [0.29, 0.717) is 30.2 Å². The first-order valence-corrected chi connectivity index (χ1v) is 10.6. The molecule has 2 aliphatic rings. The lowest BCUT2D eigenvalue weighted by Crippen LogP contribution is -2.43. The largest absolute Gasteiger partial charge is 0.477 e. The fourth-order valence-corrected chi connectivity index (χ4v) is 4.27. The second kappa shape index (κ2) is 8.66. The van der Waals surface area contributed by atoms with Crippen LogP contribution < -0.4 is 4.74 Å². The molecule has 1 aromatic carbocycles. The number of piperidine rings is 1. The summed E-state index contributed by atoms with van der Waals surface area (Å²) < 4.78 is 11.0. The van der Waals surface area contributed by atoms with Gasteiger partial charge in [0.05, 0.1) is 23.8 Å². The molecule has 0 saturated carbocycles. The Morgan fingerprint density at radius 1 is 1.32 bits per heavy atom. The van der Waals surface area contributed by atoms with Gasteiger partial charge in [0, 0.05) is 29.8 Å². The van der Waals surface area contributed by atoms with Gasteiger partial charge < -0.3 is 19.5 Å². The van der Waals surface area contributed by atoms with E-state index in [-0.39, 0.29) is 18.0 Å². The lowest BCUT2D eigenvalue weighted by molar-refractivity contribution is 0.0395. The number of cyclic esters (lactones) is 1. The summed E-state index contributed by atoms with van der Waals surface area (Å²) in [4.78, 5) is 18.2. The number of β-amino-alcohol motifs (C(OH)–C–C–N with tert-alkyl or cyclic N) is 1. The number of likely N-dealkylation sites (tertiary alicyclic amines) is 1. The zero-order chi connectivity index (χ0) is 22.0. The summed E-state index contributed by atoms with van der Waals surface area (Å²) in [6.45, 7) is 7.33. The Morgan fingerprint density at radius 2 is 2.10 bits per heavy atom. The number of hydrogen-bond donors (Lipinski definition) is 1. The van der Waals surface area contributed by atoms with E-state index in [4.69, 9.17) is 14.7 Å². The number of aliphatic hydroxyl groups excluding tert-OH is 1. The number of esters is 1. The van der Waals surface area contributed by atoms with Gasteiger partial charge in [0.1, 0.15) is 12.7 Å². The molecule has 0 unspecified atom stereocenters. The molecule has 1 fully saturated rings. The monoisotopic (exact) mass is 421 g/mol. The number of ether oxygens (including phenoxy) is 2. The van der Waals surface area contributed by atoms with E-state index < -0.39 is 6.10 Å². The number of hydrogen-bond acceptors (Lipinski definition) is 7. The number of nitriles is 1. The average Bonchev–Trinajstić information content (AvgIpc) is 3.16. The molecule has 0 radical (unpaired) electrons. The summed E-state index contributed by atoms with van der Waals surface area (Å²) >= 11 is 0. The van der Waals surface area contributed by atoms with E-state index in [0.717, 1.165) is 42.6 Å². The van der Waals surface area contributed by atoms with Crippen LogP contribution in [0.3, 0.4) is 0 Å². The van der Waals surface area contributed by atoms with Crippen LogP contribution in [0.5, 0.6) is 5.88 Å². The molecule has 31 heavy (non-hydrogen) atoms. The molecular formula is C24H27N3O4. The summed E-state index contributed by atoms with van der Waals surface area (Å²) in [6.07, 6.45) is 2.83. The maximum absolute atomic E-state index is 11.7. The molecule has 0 amide bonds. The molecule has 1 aromatic heterocycles. The molecule has 4 rings (SSSR count). The molecule has 0 aliphatic carbocycles. The van der Waals surface area contributed by atoms with Crippen molar-refractivity contribution in [1.82, 2.24) is 9.88 Å². The second-order valence-corrected chi connectivity index (χ2v) is 8.79. The van der Waals surface area contributed by atoms with Crippen LogP contribution in [0, 0.1) is 23.7 Å². The third-order valence-corrected chi connectivity index (χ3v) is 6.50. The van der Waals surface area contributed by atoms with Crippen LogP contribution in [0.25, 0.3) is 0 Å². The van der Waals surface area contributed by atoms with Crippen molar-refractivity contribution in [3.05, 3.63) is 58.3 Å². The summed E-state index contributed by atoms with van der Waals surface area (Å²) in [6, 6.07) is 9.09. The topological polar surface area (TPSA) is 95.7 Å². The highest BCUT2D eigenvalue weighted by atomic mass is 16.5. The fourth-order valence-electron chi connectivity index (χ4n) is 4.27. The Bertz CT molecular complexity index is 1000. The molecule has 1 saturated heterocycles. The molecule has 1 N–H and O–H groups in total. The number of pyridine rings is 1. The van der Waals surface area contributed by atoms with Gasteiger partial charge in [-0.25, -0.2) is 9.78 Å². The number of carbonyl (C=O) groups is 1. The standard InChI is InChI=1S/C24H27N3O4/c1-16-18(4-5-19-20(16)14-30-23(19)29)21(28)13-27-9-7-24(2,8-10-27)15-31-22-6-3-17(11-25)12-26-22/h3-6,12,21,28H,7-10,13-15H2,1-2H3/t21-/m0/s1. The number of aromatic nitrogens is 1. The van der Waals surface area contributed by atoms with Gasteiger partial charge in [-0.2, -0.15) is 5.26 Å². The van der Waals surface area contributed by atoms with E-state index in [1.807, 2.05) is 13.0 Å². The van der Waals surface area contributed by atoms with Crippen LogP contribution >= 0.6 is 0 Å². The number of rotatable bonds is 6. The second-order valence-electron chi connectivity index (χ2n) is 8.79. The van der Waals surface area contributed by atoms with Crippen LogP contribution in [0.1, 0.15) is 58.5 Å². The predicted molar refractivity (Wildman–Crippen MR) is 113 cm³/mol. The quantitative estimate of drug-likeness (QED) is 0.716. The molecule has 1 atom stereocenters. The van der Waals surface area contributed by atoms with E-state index in [1.165, 1.54) is 6.20 Å². The Kier molecular flexibility index (Phi) is 5.94. The minimum atomic E-state index is -0.607. The lowest BCUT2D eigenvalue weighted by Gasteiger charge is -2.39. The smallest absolute Gasteiger partial charge is 0.338 e. The third kappa shape index (κ3) is 4.55. The number of nitrogens with zero attached hydrogens (tertiary/aromatic N) is 3. The van der Waals surface area contributed by atoms with Gasteiger partial charge in [0.25, 0.3) is 0 Å². The van der Waals surface area contributed by atoms with Gasteiger partial charge in [0.2, 0.25) is 5.88 Å². The number of aliphatic hydroxyl groups is 1. The minimum Gasteiger partial charge on any atom is -0.477 e. The highest BCUT2D eigenvalue weighted by Gasteiger charge is 2.32. The highest BCUT2D eigenvalue weighted by molar-refractivity contribution is 5.93. The van der Waals surface area contributed by atoms with E-state index >= 15 is 0 Å². The fraction of sp³-hybridized carbons (Fsp3) is 0.458. The van der Waals surface area contributed by atoms with Gasteiger partial charge in [-0.3, -0.25) is 0 Å². The molecule has 7 heteroatoms. The van der Waals surface area contributed by atoms with Gasteiger partial charge in [0.15, 0.2) is 0 Å². The molecule has 0 spiro atoms. The number of fused-ring (bicyclic) bond motifs is 1. The zero-order valence-corrected chi connectivity index (χ0v) is 17.9. The Balaban J connectivity index is 1.30. The summed E-state index contributed by atoms with van der Waals surface area (Å²) in [5, 5.41) is 19.7. The zero-order valence-electron chi connectivity index (χ0n) is 17.9. The van der Waals surface area contributed by atoms with Crippen molar-refractivity contribution in [1.29, 1.82) is 5.26 Å². The first-order valence-electron chi connectivity index (χ1n) is 10.6. The number of benzene rings is 1. The molecule has 2 aromatic rings. The first-order chi connectivity index (χ1) is 14.9. The van der Waals surface area contributed by atoms with Crippen LogP contribution in [-0.4, -0.2) is 47.2 Å². The van der Waals surface area contributed by atoms with E-state index in [2.05, 4.69) is 22.9 Å². The van der Waals surface area contributed by atoms with Crippen molar-refractivity contribution in [2.24, 2.45) is 5.41 Å². The molecule has 3 heterocycles. The van der Waals surface area contributed by atoms with Gasteiger partial charge in [-0.15, -0.1) is 0 Å². The van der Waals surface area contributed by atoms with Crippen molar-refractivity contribution in [3.63, 3.8) is 0 Å². The van der Waals surface area contributed by atoms with Crippen molar-refractivity contribution >= 4 is 5.97 Å². The minimum absolute atomic E-state index is 0.0399. The summed E-state index contributed by atoms with van der Waals surface area (Å²) in [7, 11) is 0. The van der Waals surface area contributed by atoms with E-state index in [1.54, 1.807) is 18.2 Å². The van der Waals surface area contributed by atoms with Gasteiger partial charge in [-0.1, -0.05) is 13.0 Å². The van der Waals surface area contributed by atoms with E-state index in [9.17, 15) is 9.90 Å². The van der Waals surface area contributed by atoms with Crippen LogP contribution in [0.15, 0.2) is 30.5 Å². The van der Waals surface area contributed by atoms with Crippen molar-refractivity contribution < 1.29 is 19.4 Å². The number of carbonyl (C=O) groups excluding carboxylic acids is 1.